The molecule has 1 fully saturated rings. The standard InChI is InChI=1S/C20H31FN2O/c1-16(24-20(2,3)4)23-14-11-19(12-15-23)22(5)13-10-17-6-8-18(21)9-7-17/h6-9,19H,1,10-15H2,2-5H3. The van der Waals surface area contributed by atoms with E-state index in [1.54, 1.807) is 0 Å². The van der Waals surface area contributed by atoms with Crippen molar-refractivity contribution in [2.75, 3.05) is 26.7 Å². The number of hydrogen-bond donors (Lipinski definition) is 0. The second-order valence-electron chi connectivity index (χ2n) is 7.68. The van der Waals surface area contributed by atoms with Gasteiger partial charge >= 0.3 is 0 Å². The van der Waals surface area contributed by atoms with Crippen molar-refractivity contribution in [1.29, 1.82) is 0 Å². The van der Waals surface area contributed by atoms with E-state index in [1.165, 1.54) is 17.7 Å². The molecule has 2 rings (SSSR count). The molecule has 0 bridgehead atoms. The SMILES string of the molecule is C=C(OC(C)(C)C)N1CCC(N(C)CCc2ccc(F)cc2)CC1. The monoisotopic (exact) mass is 334 g/mol. The summed E-state index contributed by atoms with van der Waals surface area (Å²) in [7, 11) is 2.18. The molecule has 134 valence electrons. The van der Waals surface area contributed by atoms with Crippen LogP contribution in [0.1, 0.15) is 39.2 Å². The molecule has 0 saturated carbocycles. The van der Waals surface area contributed by atoms with E-state index in [-0.39, 0.29) is 11.4 Å². The fourth-order valence-electron chi connectivity index (χ4n) is 3.11. The summed E-state index contributed by atoms with van der Waals surface area (Å²) >= 11 is 0. The van der Waals surface area contributed by atoms with E-state index in [0.717, 1.165) is 44.8 Å². The summed E-state index contributed by atoms with van der Waals surface area (Å²) in [6.07, 6.45) is 3.19. The number of likely N-dealkylation sites (tertiary alicyclic amines) is 1. The third kappa shape index (κ3) is 5.82. The molecular formula is C20H31FN2O. The van der Waals surface area contributed by atoms with Crippen molar-refractivity contribution in [3.63, 3.8) is 0 Å². The number of benzene rings is 1. The predicted molar refractivity (Wildman–Crippen MR) is 97.3 cm³/mol. The average Bonchev–Trinajstić information content (AvgIpc) is 2.52. The molecule has 0 amide bonds. The van der Waals surface area contributed by atoms with Crippen LogP contribution in [0, 0.1) is 5.82 Å². The molecular weight excluding hydrogens is 303 g/mol. The van der Waals surface area contributed by atoms with Gasteiger partial charge in [-0.15, -0.1) is 0 Å². The topological polar surface area (TPSA) is 15.7 Å². The quantitative estimate of drug-likeness (QED) is 0.730. The highest BCUT2D eigenvalue weighted by Crippen LogP contribution is 2.22. The Kier molecular flexibility index (Phi) is 6.27. The summed E-state index contributed by atoms with van der Waals surface area (Å²) < 4.78 is 18.8. The van der Waals surface area contributed by atoms with Crippen molar-refractivity contribution in [2.45, 2.75) is 51.7 Å². The maximum atomic E-state index is 12.9. The molecule has 0 radical (unpaired) electrons. The Balaban J connectivity index is 1.75. The minimum Gasteiger partial charge on any atom is -0.474 e. The molecule has 0 aromatic heterocycles. The smallest absolute Gasteiger partial charge is 0.182 e. The average molecular weight is 334 g/mol. The third-order valence-electron chi connectivity index (χ3n) is 4.53. The van der Waals surface area contributed by atoms with Gasteiger partial charge in [0.15, 0.2) is 5.88 Å². The van der Waals surface area contributed by atoms with Crippen LogP contribution < -0.4 is 0 Å². The lowest BCUT2D eigenvalue weighted by Crippen LogP contribution is -2.44. The molecule has 0 aliphatic carbocycles. The summed E-state index contributed by atoms with van der Waals surface area (Å²) in [5.74, 6) is 0.618. The van der Waals surface area contributed by atoms with Crippen LogP contribution in [0.5, 0.6) is 0 Å². The zero-order valence-corrected chi connectivity index (χ0v) is 15.5. The largest absolute Gasteiger partial charge is 0.474 e. The minimum absolute atomic E-state index is 0.169. The van der Waals surface area contributed by atoms with Crippen LogP contribution >= 0.6 is 0 Å². The minimum atomic E-state index is -0.195. The summed E-state index contributed by atoms with van der Waals surface area (Å²) in [4.78, 5) is 4.67. The van der Waals surface area contributed by atoms with E-state index in [4.69, 9.17) is 4.74 Å². The Morgan fingerprint density at radius 2 is 1.83 bits per heavy atom. The lowest BCUT2D eigenvalue weighted by atomic mass is 10.0. The molecule has 0 atom stereocenters. The van der Waals surface area contributed by atoms with E-state index in [0.29, 0.717) is 6.04 Å². The Labute approximate surface area is 146 Å². The molecule has 3 nitrogen and oxygen atoms in total. The summed E-state index contributed by atoms with van der Waals surface area (Å²) in [5.41, 5.74) is 0.993. The van der Waals surface area contributed by atoms with Crippen molar-refractivity contribution in [2.24, 2.45) is 0 Å². The first-order valence-corrected chi connectivity index (χ1v) is 8.82. The first kappa shape index (κ1) is 18.8. The molecule has 1 aromatic carbocycles. The fraction of sp³-hybridized carbons (Fsp3) is 0.600. The molecule has 1 saturated heterocycles. The van der Waals surface area contributed by atoms with Crippen LogP contribution in [0.2, 0.25) is 0 Å². The normalized spacial score (nSPS) is 16.5. The van der Waals surface area contributed by atoms with Crippen LogP contribution in [0.15, 0.2) is 36.7 Å². The van der Waals surface area contributed by atoms with E-state index >= 15 is 0 Å². The van der Waals surface area contributed by atoms with Crippen molar-refractivity contribution in [3.8, 4) is 0 Å². The molecule has 1 aliphatic rings. The number of ether oxygens (including phenoxy) is 1. The van der Waals surface area contributed by atoms with E-state index in [1.807, 2.05) is 32.9 Å². The third-order valence-corrected chi connectivity index (χ3v) is 4.53. The van der Waals surface area contributed by atoms with Crippen LogP contribution in [-0.4, -0.2) is 48.1 Å². The van der Waals surface area contributed by atoms with Gasteiger partial charge in [-0.2, -0.15) is 0 Å². The van der Waals surface area contributed by atoms with Gasteiger partial charge in [-0.3, -0.25) is 0 Å². The number of piperidine rings is 1. The van der Waals surface area contributed by atoms with E-state index < -0.39 is 0 Å². The van der Waals surface area contributed by atoms with Gasteiger partial charge in [0.2, 0.25) is 0 Å². The van der Waals surface area contributed by atoms with Crippen LogP contribution in [-0.2, 0) is 11.2 Å². The predicted octanol–water partition coefficient (Wildman–Crippen LogP) is 4.05. The van der Waals surface area contributed by atoms with Crippen molar-refractivity contribution >= 4 is 0 Å². The molecule has 0 N–H and O–H groups in total. The Morgan fingerprint density at radius 1 is 1.25 bits per heavy atom. The number of hydrogen-bond acceptors (Lipinski definition) is 3. The first-order valence-electron chi connectivity index (χ1n) is 8.82. The zero-order valence-electron chi connectivity index (χ0n) is 15.5. The molecule has 1 aliphatic heterocycles. The number of rotatable bonds is 6. The second kappa shape index (κ2) is 8.02. The Morgan fingerprint density at radius 3 is 2.38 bits per heavy atom. The van der Waals surface area contributed by atoms with Gasteiger partial charge in [0.25, 0.3) is 0 Å². The summed E-state index contributed by atoms with van der Waals surface area (Å²) in [5, 5.41) is 0. The van der Waals surface area contributed by atoms with Crippen molar-refractivity contribution in [1.82, 2.24) is 9.80 Å². The molecule has 4 heteroatoms. The Hall–Kier alpha value is -1.55. The van der Waals surface area contributed by atoms with Crippen LogP contribution in [0.4, 0.5) is 4.39 Å². The molecule has 1 heterocycles. The highest BCUT2D eigenvalue weighted by Gasteiger charge is 2.25. The number of halogens is 1. The highest BCUT2D eigenvalue weighted by atomic mass is 19.1. The molecule has 0 unspecified atom stereocenters. The van der Waals surface area contributed by atoms with Gasteiger partial charge in [-0.05, 0) is 71.4 Å². The first-order chi connectivity index (χ1) is 11.2. The fourth-order valence-corrected chi connectivity index (χ4v) is 3.11. The van der Waals surface area contributed by atoms with Gasteiger partial charge in [-0.1, -0.05) is 12.1 Å². The van der Waals surface area contributed by atoms with Gasteiger partial charge in [0.05, 0.1) is 0 Å². The maximum Gasteiger partial charge on any atom is 0.182 e. The number of likely N-dealkylation sites (N-methyl/N-ethyl adjacent to an activating group) is 1. The lowest BCUT2D eigenvalue weighted by molar-refractivity contribution is -0.00813. The highest BCUT2D eigenvalue weighted by molar-refractivity contribution is 5.16. The zero-order chi connectivity index (χ0) is 17.7. The van der Waals surface area contributed by atoms with Gasteiger partial charge in [-0.25, -0.2) is 4.39 Å². The van der Waals surface area contributed by atoms with Gasteiger partial charge in [0.1, 0.15) is 11.4 Å². The van der Waals surface area contributed by atoms with E-state index in [9.17, 15) is 4.39 Å². The Bertz CT molecular complexity index is 528. The van der Waals surface area contributed by atoms with Crippen molar-refractivity contribution < 1.29 is 9.13 Å². The van der Waals surface area contributed by atoms with Crippen molar-refractivity contribution in [3.05, 3.63) is 48.1 Å². The van der Waals surface area contributed by atoms with Crippen LogP contribution in [0.3, 0.4) is 0 Å². The summed E-state index contributed by atoms with van der Waals surface area (Å²) in [6.45, 7) is 13.2. The van der Waals surface area contributed by atoms with E-state index in [2.05, 4.69) is 23.4 Å². The maximum absolute atomic E-state index is 12.9. The van der Waals surface area contributed by atoms with Gasteiger partial charge in [0, 0.05) is 25.7 Å². The molecule has 1 aromatic rings. The van der Waals surface area contributed by atoms with Gasteiger partial charge < -0.3 is 14.5 Å². The number of nitrogens with zero attached hydrogens (tertiary/aromatic N) is 2. The molecule has 0 spiro atoms. The van der Waals surface area contributed by atoms with Crippen LogP contribution in [0.25, 0.3) is 0 Å². The lowest BCUT2D eigenvalue weighted by Gasteiger charge is -2.39. The molecule has 24 heavy (non-hydrogen) atoms. The summed E-state index contributed by atoms with van der Waals surface area (Å²) in [6, 6.07) is 7.41. The second-order valence-corrected chi connectivity index (χ2v) is 7.68.